The molecular weight excluding hydrogens is 760 g/mol. The summed E-state index contributed by atoms with van der Waals surface area (Å²) < 4.78 is 39.5. The van der Waals surface area contributed by atoms with Gasteiger partial charge in [-0.25, -0.2) is 4.98 Å². The van der Waals surface area contributed by atoms with Gasteiger partial charge in [-0.2, -0.15) is 0 Å². The number of benzene rings is 5. The van der Waals surface area contributed by atoms with E-state index in [9.17, 15) is 0 Å². The van der Waals surface area contributed by atoms with Crippen molar-refractivity contribution in [3.8, 4) is 28.4 Å². The van der Waals surface area contributed by atoms with Crippen LogP contribution in [0.2, 0.25) is 0 Å². The maximum absolute atomic E-state index is 8.41. The quantitative estimate of drug-likeness (QED) is 0.163. The molecule has 9 rings (SSSR count). The van der Waals surface area contributed by atoms with Crippen molar-refractivity contribution >= 4 is 32.8 Å². The monoisotopic (exact) mass is 792 g/mol. The van der Waals surface area contributed by atoms with Crippen molar-refractivity contribution in [1.82, 2.24) is 18.7 Å². The number of aromatic nitrogens is 4. The maximum atomic E-state index is 8.41. The van der Waals surface area contributed by atoms with E-state index in [1.54, 1.807) is 12.3 Å². The second-order valence-electron chi connectivity index (χ2n) is 12.0. The second kappa shape index (κ2) is 11.1. The Morgan fingerprint density at radius 2 is 1.57 bits per heavy atom. The third kappa shape index (κ3) is 4.56. The first-order valence-corrected chi connectivity index (χ1v) is 16.8. The van der Waals surface area contributed by atoms with Crippen LogP contribution in [0.3, 0.4) is 0 Å². The zero-order chi connectivity index (χ0) is 34.1. The van der Waals surface area contributed by atoms with Crippen molar-refractivity contribution < 1.29 is 28.2 Å². The average Bonchev–Trinajstić information content (AvgIpc) is 3.77. The van der Waals surface area contributed by atoms with E-state index in [1.807, 2.05) is 71.3 Å². The topological polar surface area (TPSA) is 36.9 Å². The first-order chi connectivity index (χ1) is 24.3. The molecule has 0 saturated heterocycles. The molecule has 1 aliphatic rings. The van der Waals surface area contributed by atoms with Crippen LogP contribution in [-0.2, 0) is 32.8 Å². The van der Waals surface area contributed by atoms with E-state index in [-0.39, 0.29) is 11.6 Å². The molecule has 0 amide bonds. The van der Waals surface area contributed by atoms with Gasteiger partial charge in [-0.1, -0.05) is 48.5 Å². The molecule has 232 valence electrons. The molecule has 1 unspecified atom stereocenters. The minimum Gasteiger partial charge on any atom is -0.238 e. The first-order valence-electron chi connectivity index (χ1n) is 17.1. The summed E-state index contributed by atoms with van der Waals surface area (Å²) in [6, 6.07) is 43.2. The van der Waals surface area contributed by atoms with Crippen molar-refractivity contribution in [2.45, 2.75) is 25.7 Å². The summed E-state index contributed by atoms with van der Waals surface area (Å²) in [5.74, 6) is 1.67. The average molecular weight is 793 g/mol. The molecule has 0 fully saturated rings. The number of hydrogen-bond acceptors (Lipinski definition) is 2. The summed E-state index contributed by atoms with van der Waals surface area (Å²) in [4.78, 5) is 4.83. The summed E-state index contributed by atoms with van der Waals surface area (Å²) in [5, 5.41) is 1.99. The van der Waals surface area contributed by atoms with E-state index in [2.05, 4.69) is 84.1 Å². The van der Waals surface area contributed by atoms with Gasteiger partial charge in [0.2, 0.25) is 0 Å². The van der Waals surface area contributed by atoms with Crippen LogP contribution < -0.4 is 4.74 Å². The zero-order valence-corrected chi connectivity index (χ0v) is 27.7. The number of aryl methyl sites for hydroxylation is 3. The van der Waals surface area contributed by atoms with E-state index < -0.39 is 6.85 Å². The molecule has 8 aromatic rings. The minimum absolute atomic E-state index is 0.151. The van der Waals surface area contributed by atoms with Gasteiger partial charge in [-0.3, -0.25) is 0 Å². The minimum atomic E-state index is -2.34. The number of nitrogens with zero attached hydrogens (tertiary/aromatic N) is 4. The fourth-order valence-electron chi connectivity index (χ4n) is 7.08. The van der Waals surface area contributed by atoms with Crippen molar-refractivity contribution in [3.63, 3.8) is 0 Å². The molecule has 1 aliphatic carbocycles. The van der Waals surface area contributed by atoms with Crippen LogP contribution in [0.1, 0.15) is 33.3 Å². The van der Waals surface area contributed by atoms with Crippen LogP contribution in [0.25, 0.3) is 49.8 Å². The fraction of sp³-hybridized carbons (Fsp3) is 0.122. The number of imidazole rings is 1. The Labute approximate surface area is 287 Å². The number of ether oxygens (including phenoxy) is 1. The van der Waals surface area contributed by atoms with Gasteiger partial charge in [0.15, 0.2) is 0 Å². The second-order valence-corrected chi connectivity index (χ2v) is 13.0. The van der Waals surface area contributed by atoms with Gasteiger partial charge >= 0.3 is 189 Å². The molecule has 0 bridgehead atoms. The first kappa shape index (κ1) is 25.1. The van der Waals surface area contributed by atoms with E-state index in [0.29, 0.717) is 22.9 Å². The number of pyridine rings is 1. The molecule has 0 spiro atoms. The zero-order valence-electron chi connectivity index (χ0n) is 28.5. The van der Waals surface area contributed by atoms with Gasteiger partial charge in [0.05, 0.1) is 0 Å². The standard InChI is InChI=1S/C41H30N4O.Pt/c1-27-22-41(42-25-35(27)28-10-4-3-5-11-28)45-37-13-7-6-12-32(37)33-20-19-31(24-40(33)45)46-30-18-16-29-17-21-36(34(29)23-30)44-26-43(2)38-14-8-9-15-39(38)44;/h3-16,18-20,22,25,36H,17,21H2,1-2H3;/q-2;/i1D3;. The number of rotatable bonds is 5. The number of hydrogen-bond donors (Lipinski definition) is 0. The summed E-state index contributed by atoms with van der Waals surface area (Å²) in [7, 11) is 2.11. The van der Waals surface area contributed by atoms with Crippen LogP contribution >= 0.6 is 0 Å². The Morgan fingerprint density at radius 3 is 2.43 bits per heavy atom. The molecule has 3 heterocycles. The normalized spacial score (nSPS) is 15.6. The third-order valence-electron chi connectivity index (χ3n) is 9.29. The van der Waals surface area contributed by atoms with Gasteiger partial charge < -0.3 is 0 Å². The number of fused-ring (bicyclic) bond motifs is 5. The molecule has 1 atom stereocenters. The van der Waals surface area contributed by atoms with Crippen LogP contribution in [0, 0.1) is 22.8 Å². The van der Waals surface area contributed by atoms with Crippen LogP contribution in [0.15, 0.2) is 115 Å². The Hall–Kier alpha value is -4.99. The van der Waals surface area contributed by atoms with Gasteiger partial charge in [0.25, 0.3) is 0 Å². The van der Waals surface area contributed by atoms with Gasteiger partial charge in [-0.05, 0) is 30.1 Å². The van der Waals surface area contributed by atoms with E-state index in [4.69, 9.17) is 13.8 Å². The van der Waals surface area contributed by atoms with Crippen molar-refractivity contribution in [3.05, 3.63) is 148 Å². The molecule has 0 aliphatic heterocycles. The van der Waals surface area contributed by atoms with E-state index in [0.717, 1.165) is 45.8 Å². The Morgan fingerprint density at radius 1 is 0.830 bits per heavy atom. The summed E-state index contributed by atoms with van der Waals surface area (Å²) in [6.07, 6.45) is 3.64. The van der Waals surface area contributed by atoms with E-state index >= 15 is 0 Å². The summed E-state index contributed by atoms with van der Waals surface area (Å²) >= 11 is 2.42. The van der Waals surface area contributed by atoms with Gasteiger partial charge in [0.1, 0.15) is 0 Å². The fourth-order valence-corrected chi connectivity index (χ4v) is 7.98. The molecule has 5 nitrogen and oxygen atoms in total. The van der Waals surface area contributed by atoms with Crippen LogP contribution in [0.5, 0.6) is 11.5 Å². The molecule has 0 radical (unpaired) electrons. The smallest absolute Gasteiger partial charge is 0.238 e. The third-order valence-corrected chi connectivity index (χ3v) is 10.6. The Bertz CT molecular complexity index is 2670. The van der Waals surface area contributed by atoms with E-state index in [1.165, 1.54) is 20.4 Å². The Balaban J connectivity index is 1.14. The van der Waals surface area contributed by atoms with Gasteiger partial charge in [-0.15, -0.1) is 0 Å². The Kier molecular flexibility index (Phi) is 5.92. The predicted molar refractivity (Wildman–Crippen MR) is 184 cm³/mol. The SMILES string of the molecule is [2H]C([2H])([2H])c1cc(-n2c3[c-]c(Oc4[c-]c5c(cc4)CCC5n4[c](=[Pt])n(C)c5ccccc54)ccc3c3ccccc32)ncc1-c1ccccc1. The molecule has 0 saturated carbocycles. The molecule has 3 aromatic heterocycles. The van der Waals surface area contributed by atoms with Crippen molar-refractivity contribution in [2.75, 3.05) is 0 Å². The predicted octanol–water partition coefficient (Wildman–Crippen LogP) is 9.45. The van der Waals surface area contributed by atoms with Crippen molar-refractivity contribution in [2.24, 2.45) is 7.05 Å². The molecule has 5 aromatic carbocycles. The molecule has 47 heavy (non-hydrogen) atoms. The molecule has 0 N–H and O–H groups in total. The summed E-state index contributed by atoms with van der Waals surface area (Å²) in [6.45, 7) is -2.34. The van der Waals surface area contributed by atoms with Crippen LogP contribution in [-0.4, -0.2) is 18.7 Å². The molecular formula is C41H30N4OPt-2. The van der Waals surface area contributed by atoms with Gasteiger partial charge in [0, 0.05) is 15.9 Å². The van der Waals surface area contributed by atoms with Crippen molar-refractivity contribution in [1.29, 1.82) is 0 Å². The number of para-hydroxylation sites is 3. The molecule has 6 heteroatoms. The summed E-state index contributed by atoms with van der Waals surface area (Å²) in [5.41, 5.74) is 8.14. The van der Waals surface area contributed by atoms with Crippen LogP contribution in [0.4, 0.5) is 0 Å².